The number of amides is 1. The van der Waals surface area contributed by atoms with E-state index in [1.54, 1.807) is 30.3 Å². The Labute approximate surface area is 182 Å². The number of ether oxygens (including phenoxy) is 2. The molecule has 0 radical (unpaired) electrons. The SMILES string of the molecule is O=C(NCc1ccccc1)c1ccc2c(=O)n(Cc3ccc4c(c3)OCO4)c(=O)[nH]c2c1. The van der Waals surface area contributed by atoms with Crippen LogP contribution in [0.25, 0.3) is 10.9 Å². The quantitative estimate of drug-likeness (QED) is 0.507. The van der Waals surface area contributed by atoms with Gasteiger partial charge in [0, 0.05) is 12.1 Å². The number of fused-ring (bicyclic) bond motifs is 2. The van der Waals surface area contributed by atoms with Crippen molar-refractivity contribution in [1.82, 2.24) is 14.9 Å². The van der Waals surface area contributed by atoms with Crippen LogP contribution in [0.1, 0.15) is 21.5 Å². The molecule has 0 saturated heterocycles. The van der Waals surface area contributed by atoms with Gasteiger partial charge in [-0.05, 0) is 41.5 Å². The number of carbonyl (C=O) groups is 1. The Morgan fingerprint density at radius 3 is 2.59 bits per heavy atom. The highest BCUT2D eigenvalue weighted by atomic mass is 16.7. The van der Waals surface area contributed by atoms with E-state index in [0.717, 1.165) is 15.7 Å². The first kappa shape index (κ1) is 19.6. The fraction of sp³-hybridized carbons (Fsp3) is 0.125. The lowest BCUT2D eigenvalue weighted by atomic mass is 10.1. The summed E-state index contributed by atoms with van der Waals surface area (Å²) in [6.45, 7) is 0.613. The highest BCUT2D eigenvalue weighted by Gasteiger charge is 2.15. The molecule has 0 atom stereocenters. The van der Waals surface area contributed by atoms with Crippen LogP contribution in [0.5, 0.6) is 11.5 Å². The van der Waals surface area contributed by atoms with E-state index in [2.05, 4.69) is 10.3 Å². The smallest absolute Gasteiger partial charge is 0.329 e. The molecular formula is C24H19N3O5. The minimum absolute atomic E-state index is 0.0834. The number of aromatic amines is 1. The molecule has 1 aliphatic rings. The van der Waals surface area contributed by atoms with Crippen LogP contribution in [-0.2, 0) is 13.1 Å². The summed E-state index contributed by atoms with van der Waals surface area (Å²) in [5.41, 5.74) is 1.39. The first-order chi connectivity index (χ1) is 15.6. The highest BCUT2D eigenvalue weighted by Crippen LogP contribution is 2.32. The maximum atomic E-state index is 13.0. The third-order valence-corrected chi connectivity index (χ3v) is 5.32. The number of H-pyrrole nitrogens is 1. The third-order valence-electron chi connectivity index (χ3n) is 5.32. The van der Waals surface area contributed by atoms with Crippen molar-refractivity contribution < 1.29 is 14.3 Å². The second kappa shape index (κ2) is 8.07. The van der Waals surface area contributed by atoms with Crippen LogP contribution in [0, 0.1) is 0 Å². The van der Waals surface area contributed by atoms with E-state index in [1.165, 1.54) is 6.07 Å². The molecule has 2 heterocycles. The molecule has 0 unspecified atom stereocenters. The molecule has 0 fully saturated rings. The van der Waals surface area contributed by atoms with Gasteiger partial charge in [0.15, 0.2) is 11.5 Å². The molecule has 0 bridgehead atoms. The summed E-state index contributed by atoms with van der Waals surface area (Å²) in [6.07, 6.45) is 0. The Morgan fingerprint density at radius 1 is 0.938 bits per heavy atom. The van der Waals surface area contributed by atoms with E-state index in [-0.39, 0.29) is 19.2 Å². The lowest BCUT2D eigenvalue weighted by Gasteiger charge is -2.09. The van der Waals surface area contributed by atoms with Crippen LogP contribution in [0.2, 0.25) is 0 Å². The predicted octanol–water partition coefficient (Wildman–Crippen LogP) is 2.40. The molecule has 1 aliphatic heterocycles. The lowest BCUT2D eigenvalue weighted by molar-refractivity contribution is 0.0951. The zero-order valence-corrected chi connectivity index (χ0v) is 17.0. The molecule has 4 aromatic rings. The van der Waals surface area contributed by atoms with Gasteiger partial charge in [-0.1, -0.05) is 36.4 Å². The van der Waals surface area contributed by atoms with Crippen molar-refractivity contribution in [2.45, 2.75) is 13.1 Å². The monoisotopic (exact) mass is 429 g/mol. The third kappa shape index (κ3) is 3.74. The summed E-state index contributed by atoms with van der Waals surface area (Å²) >= 11 is 0. The van der Waals surface area contributed by atoms with E-state index in [4.69, 9.17) is 9.47 Å². The van der Waals surface area contributed by atoms with Gasteiger partial charge in [-0.2, -0.15) is 0 Å². The Kier molecular flexibility index (Phi) is 4.95. The molecule has 160 valence electrons. The number of benzene rings is 3. The molecule has 0 saturated carbocycles. The molecule has 3 aromatic carbocycles. The first-order valence-electron chi connectivity index (χ1n) is 10.1. The number of nitrogens with one attached hydrogen (secondary N) is 2. The van der Waals surface area contributed by atoms with Gasteiger partial charge in [-0.25, -0.2) is 4.79 Å². The number of carbonyl (C=O) groups excluding carboxylic acids is 1. The van der Waals surface area contributed by atoms with Gasteiger partial charge in [-0.3, -0.25) is 14.2 Å². The van der Waals surface area contributed by atoms with Crippen LogP contribution in [-0.4, -0.2) is 22.3 Å². The molecule has 2 N–H and O–H groups in total. The highest BCUT2D eigenvalue weighted by molar-refractivity contribution is 5.97. The van der Waals surface area contributed by atoms with Gasteiger partial charge < -0.3 is 19.8 Å². The van der Waals surface area contributed by atoms with E-state index in [0.29, 0.717) is 34.5 Å². The van der Waals surface area contributed by atoms with Crippen LogP contribution >= 0.6 is 0 Å². The zero-order chi connectivity index (χ0) is 22.1. The van der Waals surface area contributed by atoms with Gasteiger partial charge in [0.05, 0.1) is 17.4 Å². The Morgan fingerprint density at radius 2 is 1.75 bits per heavy atom. The standard InChI is InChI=1S/C24H19N3O5/c28-22(25-12-15-4-2-1-3-5-15)17-7-8-18-19(11-17)26-24(30)27(23(18)29)13-16-6-9-20-21(10-16)32-14-31-20/h1-11H,12-14H2,(H,25,28)(H,26,30). The van der Waals surface area contributed by atoms with Crippen LogP contribution in [0.3, 0.4) is 0 Å². The van der Waals surface area contributed by atoms with Crippen molar-refractivity contribution in [2.24, 2.45) is 0 Å². The van der Waals surface area contributed by atoms with Crippen molar-refractivity contribution >= 4 is 16.8 Å². The van der Waals surface area contributed by atoms with Crippen molar-refractivity contribution in [3.05, 3.63) is 104 Å². The van der Waals surface area contributed by atoms with E-state index in [1.807, 2.05) is 30.3 Å². The van der Waals surface area contributed by atoms with E-state index in [9.17, 15) is 14.4 Å². The van der Waals surface area contributed by atoms with Gasteiger partial charge in [-0.15, -0.1) is 0 Å². The maximum Gasteiger partial charge on any atom is 0.329 e. The minimum atomic E-state index is -0.554. The number of rotatable bonds is 5. The number of hydrogen-bond acceptors (Lipinski definition) is 5. The second-order valence-electron chi connectivity index (χ2n) is 7.44. The first-order valence-corrected chi connectivity index (χ1v) is 10.1. The summed E-state index contributed by atoms with van der Waals surface area (Å²) in [4.78, 5) is 40.8. The average molecular weight is 429 g/mol. The molecule has 5 rings (SSSR count). The van der Waals surface area contributed by atoms with E-state index < -0.39 is 11.2 Å². The lowest BCUT2D eigenvalue weighted by Crippen LogP contribution is -2.35. The fourth-order valence-corrected chi connectivity index (χ4v) is 3.64. The van der Waals surface area contributed by atoms with Crippen LogP contribution in [0.4, 0.5) is 0 Å². The van der Waals surface area contributed by atoms with Gasteiger partial charge in [0.25, 0.3) is 11.5 Å². The number of nitrogens with zero attached hydrogens (tertiary/aromatic N) is 1. The number of hydrogen-bond donors (Lipinski definition) is 2. The molecular weight excluding hydrogens is 410 g/mol. The van der Waals surface area contributed by atoms with Gasteiger partial charge in [0.1, 0.15) is 0 Å². The van der Waals surface area contributed by atoms with E-state index >= 15 is 0 Å². The average Bonchev–Trinajstić information content (AvgIpc) is 3.28. The normalized spacial score (nSPS) is 12.1. The minimum Gasteiger partial charge on any atom is -0.454 e. The van der Waals surface area contributed by atoms with Crippen LogP contribution in [0.15, 0.2) is 76.3 Å². The summed E-state index contributed by atoms with van der Waals surface area (Å²) < 4.78 is 11.8. The predicted molar refractivity (Wildman–Crippen MR) is 118 cm³/mol. The fourth-order valence-electron chi connectivity index (χ4n) is 3.64. The largest absolute Gasteiger partial charge is 0.454 e. The van der Waals surface area contributed by atoms with Crippen molar-refractivity contribution in [3.8, 4) is 11.5 Å². The summed E-state index contributed by atoms with van der Waals surface area (Å²) in [5, 5.41) is 3.16. The Balaban J connectivity index is 1.41. The molecule has 32 heavy (non-hydrogen) atoms. The molecule has 0 spiro atoms. The van der Waals surface area contributed by atoms with Gasteiger partial charge in [0.2, 0.25) is 6.79 Å². The maximum absolute atomic E-state index is 13.0. The van der Waals surface area contributed by atoms with Crippen molar-refractivity contribution in [1.29, 1.82) is 0 Å². The molecule has 1 aromatic heterocycles. The summed E-state index contributed by atoms with van der Waals surface area (Å²) in [6, 6.07) is 19.5. The topological polar surface area (TPSA) is 102 Å². The van der Waals surface area contributed by atoms with Crippen molar-refractivity contribution in [3.63, 3.8) is 0 Å². The molecule has 8 heteroatoms. The summed E-state index contributed by atoms with van der Waals surface area (Å²) in [7, 11) is 0. The van der Waals surface area contributed by atoms with Crippen LogP contribution < -0.4 is 26.0 Å². The Bertz CT molecular complexity index is 1440. The van der Waals surface area contributed by atoms with Crippen molar-refractivity contribution in [2.75, 3.05) is 6.79 Å². The second-order valence-corrected chi connectivity index (χ2v) is 7.44. The zero-order valence-electron chi connectivity index (χ0n) is 17.0. The molecule has 0 aliphatic carbocycles. The van der Waals surface area contributed by atoms with Gasteiger partial charge >= 0.3 is 5.69 Å². The number of aromatic nitrogens is 2. The molecule has 1 amide bonds. The summed E-state index contributed by atoms with van der Waals surface area (Å²) in [5.74, 6) is 0.923. The Hall–Kier alpha value is -4.33. The molecule has 8 nitrogen and oxygen atoms in total.